The molecule has 3 saturated carbocycles. The standard InChI is InChI=1S/C22H35N7O.2ClH/c23-14-5-7-16(8-6-14)26-22-27-20(25-15-9-11-18(30)12-10-15)19-21(28-22)29(13-24-19)17-3-1-2-4-17;;/h13-18,30H,1-12,23H2,(H2,25,26,27,28);2*1H/t14-,15-,16-,18+;;. The minimum atomic E-state index is -0.162. The number of aliphatic hydroxyl groups excluding tert-OH is 1. The van der Waals surface area contributed by atoms with Gasteiger partial charge >= 0.3 is 0 Å². The number of imidazole rings is 1. The van der Waals surface area contributed by atoms with Crippen LogP contribution in [0.1, 0.15) is 83.1 Å². The maximum Gasteiger partial charge on any atom is 0.227 e. The summed E-state index contributed by atoms with van der Waals surface area (Å²) in [6.07, 6.45) is 14.6. The first-order valence-electron chi connectivity index (χ1n) is 11.9. The van der Waals surface area contributed by atoms with E-state index >= 15 is 0 Å². The van der Waals surface area contributed by atoms with E-state index in [9.17, 15) is 5.11 Å². The number of nitrogens with zero attached hydrogens (tertiary/aromatic N) is 4. The van der Waals surface area contributed by atoms with Crippen LogP contribution in [0.25, 0.3) is 11.2 Å². The van der Waals surface area contributed by atoms with Crippen LogP contribution in [0.15, 0.2) is 6.33 Å². The van der Waals surface area contributed by atoms with E-state index in [0.29, 0.717) is 30.1 Å². The highest BCUT2D eigenvalue weighted by molar-refractivity contribution is 5.86. The van der Waals surface area contributed by atoms with Crippen LogP contribution in [0, 0.1) is 0 Å². The molecule has 2 heterocycles. The zero-order valence-corrected chi connectivity index (χ0v) is 20.2. The molecule has 3 aliphatic carbocycles. The summed E-state index contributed by atoms with van der Waals surface area (Å²) in [5.41, 5.74) is 7.88. The number of nitrogens with one attached hydrogen (secondary N) is 2. The number of aromatic nitrogens is 4. The number of fused-ring (bicyclic) bond motifs is 1. The van der Waals surface area contributed by atoms with E-state index < -0.39 is 0 Å². The Hall–Kier alpha value is -1.35. The lowest BCUT2D eigenvalue weighted by molar-refractivity contribution is 0.126. The van der Waals surface area contributed by atoms with Crippen LogP contribution < -0.4 is 16.4 Å². The smallest absolute Gasteiger partial charge is 0.227 e. The number of nitrogens with two attached hydrogens (primary N) is 1. The van der Waals surface area contributed by atoms with Crippen molar-refractivity contribution in [2.24, 2.45) is 5.73 Å². The molecule has 0 saturated heterocycles. The van der Waals surface area contributed by atoms with Gasteiger partial charge in [-0.25, -0.2) is 4.98 Å². The second-order valence-electron chi connectivity index (χ2n) is 9.56. The summed E-state index contributed by atoms with van der Waals surface area (Å²) in [6.45, 7) is 0. The zero-order chi connectivity index (χ0) is 20.5. The van der Waals surface area contributed by atoms with Crippen molar-refractivity contribution in [3.63, 3.8) is 0 Å². The molecule has 10 heteroatoms. The third kappa shape index (κ3) is 5.58. The van der Waals surface area contributed by atoms with Gasteiger partial charge in [0.1, 0.15) is 0 Å². The van der Waals surface area contributed by atoms with Crippen molar-refractivity contribution < 1.29 is 5.11 Å². The van der Waals surface area contributed by atoms with Gasteiger partial charge in [0.25, 0.3) is 0 Å². The molecule has 3 fully saturated rings. The molecule has 2 aromatic rings. The molecule has 3 aliphatic rings. The average molecular weight is 486 g/mol. The minimum Gasteiger partial charge on any atom is -0.393 e. The molecule has 5 N–H and O–H groups in total. The van der Waals surface area contributed by atoms with Gasteiger partial charge in [-0.05, 0) is 64.2 Å². The quantitative estimate of drug-likeness (QED) is 0.501. The molecule has 8 nitrogen and oxygen atoms in total. The van der Waals surface area contributed by atoms with E-state index in [-0.39, 0.29) is 30.9 Å². The van der Waals surface area contributed by atoms with E-state index in [1.165, 1.54) is 25.7 Å². The molecule has 0 unspecified atom stereocenters. The van der Waals surface area contributed by atoms with Crippen LogP contribution >= 0.6 is 24.8 Å². The molecule has 0 aliphatic heterocycles. The second-order valence-corrected chi connectivity index (χ2v) is 9.56. The van der Waals surface area contributed by atoms with Crippen LogP contribution in [0.2, 0.25) is 0 Å². The van der Waals surface area contributed by atoms with Crippen LogP contribution in [-0.4, -0.2) is 48.9 Å². The predicted molar refractivity (Wildman–Crippen MR) is 133 cm³/mol. The summed E-state index contributed by atoms with van der Waals surface area (Å²) >= 11 is 0. The van der Waals surface area contributed by atoms with Gasteiger partial charge in [0.15, 0.2) is 17.0 Å². The molecular weight excluding hydrogens is 449 g/mol. The third-order valence-electron chi connectivity index (χ3n) is 7.28. The number of hydrogen-bond acceptors (Lipinski definition) is 7. The van der Waals surface area contributed by atoms with Crippen LogP contribution in [-0.2, 0) is 0 Å². The highest BCUT2D eigenvalue weighted by Crippen LogP contribution is 2.34. The van der Waals surface area contributed by atoms with Gasteiger partial charge < -0.3 is 26.0 Å². The van der Waals surface area contributed by atoms with Crippen molar-refractivity contribution in [1.82, 2.24) is 19.5 Å². The minimum absolute atomic E-state index is 0. The van der Waals surface area contributed by atoms with E-state index in [0.717, 1.165) is 68.3 Å². The molecule has 5 rings (SSSR count). The SMILES string of the molecule is Cl.Cl.N[C@H]1CC[C@H](Nc2nc(N[C@H]3CC[C@@H](O)CC3)c3ncn(C4CCCC4)c3n2)CC1. The topological polar surface area (TPSA) is 114 Å². The van der Waals surface area contributed by atoms with Gasteiger partial charge in [0.05, 0.1) is 12.4 Å². The Bertz CT molecular complexity index is 857. The first kappa shape index (κ1) is 25.3. The Kier molecular flexibility index (Phi) is 8.83. The molecule has 180 valence electrons. The van der Waals surface area contributed by atoms with Gasteiger partial charge in [0.2, 0.25) is 5.95 Å². The first-order chi connectivity index (χ1) is 14.7. The molecular formula is C22H37Cl2N7O. The normalized spacial score (nSPS) is 28.7. The average Bonchev–Trinajstić information content (AvgIpc) is 3.41. The molecule has 0 radical (unpaired) electrons. The van der Waals surface area contributed by atoms with Crippen molar-refractivity contribution >= 4 is 47.7 Å². The van der Waals surface area contributed by atoms with Crippen molar-refractivity contribution in [2.75, 3.05) is 10.6 Å². The summed E-state index contributed by atoms with van der Waals surface area (Å²) in [7, 11) is 0. The van der Waals surface area contributed by atoms with Gasteiger partial charge in [-0.2, -0.15) is 9.97 Å². The Morgan fingerprint density at radius 3 is 2.16 bits per heavy atom. The number of anilines is 2. The summed E-state index contributed by atoms with van der Waals surface area (Å²) in [5.74, 6) is 1.52. The maximum atomic E-state index is 9.85. The highest BCUT2D eigenvalue weighted by Gasteiger charge is 2.26. The molecule has 0 bridgehead atoms. The van der Waals surface area contributed by atoms with E-state index in [1.54, 1.807) is 0 Å². The maximum absolute atomic E-state index is 9.85. The highest BCUT2D eigenvalue weighted by atomic mass is 35.5. The molecule has 2 aromatic heterocycles. The van der Waals surface area contributed by atoms with Crippen LogP contribution in [0.3, 0.4) is 0 Å². The Morgan fingerprint density at radius 1 is 0.844 bits per heavy atom. The third-order valence-corrected chi connectivity index (χ3v) is 7.28. The summed E-state index contributed by atoms with van der Waals surface area (Å²) in [5, 5.41) is 17.1. The molecule has 0 spiro atoms. The van der Waals surface area contributed by atoms with Gasteiger partial charge in [-0.1, -0.05) is 12.8 Å². The van der Waals surface area contributed by atoms with Gasteiger partial charge in [-0.3, -0.25) is 0 Å². The lowest BCUT2D eigenvalue weighted by atomic mass is 9.92. The number of aliphatic hydroxyl groups is 1. The fraction of sp³-hybridized carbons (Fsp3) is 0.773. The largest absolute Gasteiger partial charge is 0.393 e. The molecule has 0 atom stereocenters. The van der Waals surface area contributed by atoms with Gasteiger partial charge in [-0.15, -0.1) is 24.8 Å². The van der Waals surface area contributed by atoms with Crippen molar-refractivity contribution in [3.8, 4) is 0 Å². The van der Waals surface area contributed by atoms with Crippen molar-refractivity contribution in [3.05, 3.63) is 6.33 Å². The fourth-order valence-electron chi connectivity index (χ4n) is 5.39. The lowest BCUT2D eigenvalue weighted by Gasteiger charge is -2.28. The Morgan fingerprint density at radius 2 is 1.47 bits per heavy atom. The predicted octanol–water partition coefficient (Wildman–Crippen LogP) is 4.18. The number of halogens is 2. The monoisotopic (exact) mass is 485 g/mol. The molecule has 0 amide bonds. The summed E-state index contributed by atoms with van der Waals surface area (Å²) in [6, 6.07) is 1.52. The lowest BCUT2D eigenvalue weighted by Crippen LogP contribution is -2.33. The van der Waals surface area contributed by atoms with Crippen LogP contribution in [0.5, 0.6) is 0 Å². The fourth-order valence-corrected chi connectivity index (χ4v) is 5.39. The molecule has 0 aromatic carbocycles. The van der Waals surface area contributed by atoms with E-state index in [1.807, 2.05) is 6.33 Å². The first-order valence-corrected chi connectivity index (χ1v) is 11.9. The van der Waals surface area contributed by atoms with Crippen molar-refractivity contribution in [1.29, 1.82) is 0 Å². The van der Waals surface area contributed by atoms with E-state index in [4.69, 9.17) is 20.7 Å². The second kappa shape index (κ2) is 11.2. The summed E-state index contributed by atoms with van der Waals surface area (Å²) in [4.78, 5) is 14.5. The summed E-state index contributed by atoms with van der Waals surface area (Å²) < 4.78 is 2.27. The number of hydrogen-bond donors (Lipinski definition) is 4. The Labute approximate surface area is 202 Å². The number of rotatable bonds is 5. The Balaban J connectivity index is 0.00000144. The zero-order valence-electron chi connectivity index (χ0n) is 18.6. The van der Waals surface area contributed by atoms with Crippen molar-refractivity contribution in [2.45, 2.75) is 107 Å². The van der Waals surface area contributed by atoms with Gasteiger partial charge in [0, 0.05) is 24.2 Å². The van der Waals surface area contributed by atoms with Crippen LogP contribution in [0.4, 0.5) is 11.8 Å². The van der Waals surface area contributed by atoms with E-state index in [2.05, 4.69) is 15.2 Å². The molecule has 32 heavy (non-hydrogen) atoms.